The zero-order chi connectivity index (χ0) is 15.7. The standard InChI is InChI=1S/C17H16F3NO/c18-12-5-2-1-4-11(12)17(8-9-17)21-10-15(22)16-13(19)6-3-7-14(16)20/h1-7,15,21-22H,8-10H2. The minimum atomic E-state index is -1.33. The molecule has 1 aliphatic rings. The van der Waals surface area contributed by atoms with E-state index in [9.17, 15) is 18.3 Å². The molecule has 3 rings (SSSR count). The van der Waals surface area contributed by atoms with Crippen LogP contribution in [0.1, 0.15) is 30.1 Å². The second-order valence-electron chi connectivity index (χ2n) is 5.59. The molecule has 5 heteroatoms. The zero-order valence-electron chi connectivity index (χ0n) is 11.8. The Balaban J connectivity index is 1.74. The van der Waals surface area contributed by atoms with Gasteiger partial charge in [0.05, 0.1) is 11.7 Å². The molecule has 2 aromatic rings. The second-order valence-corrected chi connectivity index (χ2v) is 5.59. The monoisotopic (exact) mass is 307 g/mol. The minimum absolute atomic E-state index is 0.0494. The highest BCUT2D eigenvalue weighted by molar-refractivity contribution is 5.32. The Morgan fingerprint density at radius 2 is 1.55 bits per heavy atom. The normalized spacial score (nSPS) is 17.3. The minimum Gasteiger partial charge on any atom is -0.387 e. The van der Waals surface area contributed by atoms with E-state index in [0.29, 0.717) is 5.56 Å². The Labute approximate surface area is 126 Å². The van der Waals surface area contributed by atoms with Crippen LogP contribution in [0, 0.1) is 17.5 Å². The highest BCUT2D eigenvalue weighted by Gasteiger charge is 2.45. The lowest BCUT2D eigenvalue weighted by Gasteiger charge is -2.21. The summed E-state index contributed by atoms with van der Waals surface area (Å²) in [6, 6.07) is 9.87. The smallest absolute Gasteiger partial charge is 0.131 e. The van der Waals surface area contributed by atoms with Gasteiger partial charge in [0.15, 0.2) is 0 Å². The van der Waals surface area contributed by atoms with Gasteiger partial charge < -0.3 is 10.4 Å². The molecular weight excluding hydrogens is 291 g/mol. The first-order valence-corrected chi connectivity index (χ1v) is 7.15. The maximum Gasteiger partial charge on any atom is 0.131 e. The van der Waals surface area contributed by atoms with E-state index in [-0.39, 0.29) is 17.9 Å². The van der Waals surface area contributed by atoms with E-state index in [4.69, 9.17) is 0 Å². The Kier molecular flexibility index (Phi) is 3.93. The van der Waals surface area contributed by atoms with Gasteiger partial charge in [-0.2, -0.15) is 0 Å². The molecule has 116 valence electrons. The first kappa shape index (κ1) is 15.1. The molecule has 0 bridgehead atoms. The lowest BCUT2D eigenvalue weighted by Crippen LogP contribution is -2.34. The molecule has 22 heavy (non-hydrogen) atoms. The molecular formula is C17H16F3NO. The van der Waals surface area contributed by atoms with E-state index >= 15 is 0 Å². The van der Waals surface area contributed by atoms with Crippen LogP contribution in [-0.4, -0.2) is 11.7 Å². The summed E-state index contributed by atoms with van der Waals surface area (Å²) in [6.45, 7) is -0.0494. The largest absolute Gasteiger partial charge is 0.387 e. The fourth-order valence-corrected chi connectivity index (χ4v) is 2.74. The average molecular weight is 307 g/mol. The number of halogens is 3. The highest BCUT2D eigenvalue weighted by Crippen LogP contribution is 2.46. The van der Waals surface area contributed by atoms with Gasteiger partial charge in [-0.15, -0.1) is 0 Å². The van der Waals surface area contributed by atoms with Crippen LogP contribution in [0.2, 0.25) is 0 Å². The van der Waals surface area contributed by atoms with Gasteiger partial charge in [0.25, 0.3) is 0 Å². The Bertz CT molecular complexity index is 665. The third kappa shape index (κ3) is 2.74. The summed E-state index contributed by atoms with van der Waals surface area (Å²) in [6.07, 6.45) is 0.117. The molecule has 1 atom stereocenters. The average Bonchev–Trinajstić information content (AvgIpc) is 3.26. The van der Waals surface area contributed by atoms with Crippen LogP contribution in [-0.2, 0) is 5.54 Å². The van der Waals surface area contributed by atoms with Crippen molar-refractivity contribution in [2.24, 2.45) is 0 Å². The number of aliphatic hydroxyl groups excluding tert-OH is 1. The number of benzene rings is 2. The molecule has 2 aromatic carbocycles. The van der Waals surface area contributed by atoms with E-state index in [0.717, 1.165) is 25.0 Å². The van der Waals surface area contributed by atoms with Gasteiger partial charge in [-0.3, -0.25) is 0 Å². The predicted molar refractivity (Wildman–Crippen MR) is 76.6 cm³/mol. The van der Waals surface area contributed by atoms with Crippen LogP contribution in [0.3, 0.4) is 0 Å². The third-order valence-electron chi connectivity index (χ3n) is 4.11. The first-order chi connectivity index (χ1) is 10.5. The topological polar surface area (TPSA) is 32.3 Å². The number of hydrogen-bond donors (Lipinski definition) is 2. The van der Waals surface area contributed by atoms with E-state index in [1.165, 1.54) is 12.1 Å². The SMILES string of the molecule is OC(CNC1(c2ccccc2F)CC1)c1c(F)cccc1F. The van der Waals surface area contributed by atoms with Crippen molar-refractivity contribution in [3.05, 3.63) is 71.0 Å². The molecule has 1 fully saturated rings. The predicted octanol–water partition coefficient (Wildman–Crippen LogP) is 3.42. The molecule has 0 aliphatic heterocycles. The Morgan fingerprint density at radius 1 is 0.955 bits per heavy atom. The zero-order valence-corrected chi connectivity index (χ0v) is 11.8. The van der Waals surface area contributed by atoms with Gasteiger partial charge in [0.1, 0.15) is 17.5 Å². The summed E-state index contributed by atoms with van der Waals surface area (Å²) in [5.41, 5.74) is -0.385. The van der Waals surface area contributed by atoms with E-state index in [1.807, 2.05) is 0 Å². The van der Waals surface area contributed by atoms with Gasteiger partial charge in [-0.05, 0) is 31.0 Å². The van der Waals surface area contributed by atoms with E-state index in [2.05, 4.69) is 5.32 Å². The fraction of sp³-hybridized carbons (Fsp3) is 0.294. The van der Waals surface area contributed by atoms with Gasteiger partial charge in [0, 0.05) is 17.6 Å². The highest BCUT2D eigenvalue weighted by atomic mass is 19.1. The van der Waals surface area contributed by atoms with Crippen molar-refractivity contribution < 1.29 is 18.3 Å². The summed E-state index contributed by atoms with van der Waals surface area (Å²) in [5, 5.41) is 13.1. The van der Waals surface area contributed by atoms with Gasteiger partial charge in [0.2, 0.25) is 0 Å². The van der Waals surface area contributed by atoms with Crippen LogP contribution in [0.5, 0.6) is 0 Å². The van der Waals surface area contributed by atoms with Crippen molar-refractivity contribution in [1.29, 1.82) is 0 Å². The Morgan fingerprint density at radius 3 is 2.14 bits per heavy atom. The van der Waals surface area contributed by atoms with Crippen molar-refractivity contribution >= 4 is 0 Å². The molecule has 0 saturated heterocycles. The van der Waals surface area contributed by atoms with Crippen molar-refractivity contribution in [2.75, 3.05) is 6.54 Å². The van der Waals surface area contributed by atoms with Crippen LogP contribution in [0.15, 0.2) is 42.5 Å². The summed E-state index contributed by atoms with van der Waals surface area (Å²) in [5.74, 6) is -1.89. The molecule has 0 spiro atoms. The molecule has 2 N–H and O–H groups in total. The van der Waals surface area contributed by atoms with E-state index in [1.54, 1.807) is 18.2 Å². The number of nitrogens with one attached hydrogen (secondary N) is 1. The quantitative estimate of drug-likeness (QED) is 0.887. The summed E-state index contributed by atoms with van der Waals surface area (Å²) >= 11 is 0. The van der Waals surface area contributed by atoms with Crippen LogP contribution >= 0.6 is 0 Å². The van der Waals surface area contributed by atoms with Crippen molar-refractivity contribution in [3.8, 4) is 0 Å². The molecule has 0 radical (unpaired) electrons. The molecule has 2 nitrogen and oxygen atoms in total. The van der Waals surface area contributed by atoms with Crippen molar-refractivity contribution in [3.63, 3.8) is 0 Å². The molecule has 0 aromatic heterocycles. The van der Waals surface area contributed by atoms with Gasteiger partial charge in [-0.25, -0.2) is 13.2 Å². The van der Waals surface area contributed by atoms with Gasteiger partial charge in [-0.1, -0.05) is 24.3 Å². The molecule has 1 unspecified atom stereocenters. The first-order valence-electron chi connectivity index (χ1n) is 7.15. The Hall–Kier alpha value is -1.85. The third-order valence-corrected chi connectivity index (χ3v) is 4.11. The fourth-order valence-electron chi connectivity index (χ4n) is 2.74. The van der Waals surface area contributed by atoms with Crippen LogP contribution in [0.4, 0.5) is 13.2 Å². The summed E-state index contributed by atoms with van der Waals surface area (Å²) in [4.78, 5) is 0. The molecule has 0 amide bonds. The molecule has 1 aliphatic carbocycles. The lowest BCUT2D eigenvalue weighted by molar-refractivity contribution is 0.158. The van der Waals surface area contributed by atoms with E-state index < -0.39 is 23.3 Å². The summed E-state index contributed by atoms with van der Waals surface area (Å²) in [7, 11) is 0. The number of rotatable bonds is 5. The van der Waals surface area contributed by atoms with Gasteiger partial charge >= 0.3 is 0 Å². The van der Waals surface area contributed by atoms with Crippen molar-refractivity contribution in [1.82, 2.24) is 5.32 Å². The number of hydrogen-bond acceptors (Lipinski definition) is 2. The lowest BCUT2D eigenvalue weighted by atomic mass is 10.0. The molecule has 0 heterocycles. The maximum absolute atomic E-state index is 13.9. The maximum atomic E-state index is 13.9. The second kappa shape index (κ2) is 5.74. The molecule has 1 saturated carbocycles. The van der Waals surface area contributed by atoms with Crippen molar-refractivity contribution in [2.45, 2.75) is 24.5 Å². The number of aliphatic hydroxyl groups is 1. The van der Waals surface area contributed by atoms with Crippen LogP contribution < -0.4 is 5.32 Å². The van der Waals surface area contributed by atoms with Crippen LogP contribution in [0.25, 0.3) is 0 Å². The summed E-state index contributed by atoms with van der Waals surface area (Å²) < 4.78 is 41.1.